The molecule has 9 heteroatoms. The average Bonchev–Trinajstić information content (AvgIpc) is 2.80. The van der Waals surface area contributed by atoms with Gasteiger partial charge >= 0.3 is 10.2 Å². The molecular weight excluding hydrogens is 298 g/mol. The number of aryl methyl sites for hydroxylation is 1. The highest BCUT2D eigenvalue weighted by Gasteiger charge is 2.19. The summed E-state index contributed by atoms with van der Waals surface area (Å²) in [6.45, 7) is 7.31. The van der Waals surface area contributed by atoms with Crippen molar-refractivity contribution >= 4 is 26.7 Å². The molecule has 0 aliphatic rings. The first-order valence-electron chi connectivity index (χ1n) is 6.65. The lowest BCUT2D eigenvalue weighted by Crippen LogP contribution is -2.35. The van der Waals surface area contributed by atoms with Crippen LogP contribution in [0.2, 0.25) is 0 Å². The Bertz CT molecular complexity index is 501. The third-order valence-corrected chi connectivity index (χ3v) is 5.17. The summed E-state index contributed by atoms with van der Waals surface area (Å²) in [5.41, 5.74) is 0. The molecule has 0 spiro atoms. The second-order valence-electron chi connectivity index (χ2n) is 4.75. The summed E-state index contributed by atoms with van der Waals surface area (Å²) < 4.78 is 27.9. The van der Waals surface area contributed by atoms with E-state index in [1.807, 2.05) is 6.92 Å². The third kappa shape index (κ3) is 5.70. The van der Waals surface area contributed by atoms with Crippen molar-refractivity contribution in [2.24, 2.45) is 0 Å². The van der Waals surface area contributed by atoms with Crippen molar-refractivity contribution in [3.8, 4) is 0 Å². The maximum Gasteiger partial charge on any atom is 0.303 e. The molecule has 0 atom stereocenters. The summed E-state index contributed by atoms with van der Waals surface area (Å²) in [5, 5.41) is 12.1. The average molecular weight is 321 g/mol. The van der Waals surface area contributed by atoms with Crippen LogP contribution in [0.25, 0.3) is 0 Å². The molecule has 0 bridgehead atoms. The summed E-state index contributed by atoms with van der Waals surface area (Å²) >= 11 is 1.26. The van der Waals surface area contributed by atoms with E-state index in [1.165, 1.54) is 15.6 Å². The molecule has 0 radical (unpaired) electrons. The van der Waals surface area contributed by atoms with Crippen LogP contribution in [-0.2, 0) is 16.6 Å². The summed E-state index contributed by atoms with van der Waals surface area (Å²) in [4.78, 5) is 0. The summed E-state index contributed by atoms with van der Waals surface area (Å²) in [7, 11) is -1.99. The normalized spacial score (nSPS) is 12.3. The highest BCUT2D eigenvalue weighted by molar-refractivity contribution is 7.90. The van der Waals surface area contributed by atoms with Crippen LogP contribution >= 0.6 is 11.3 Å². The Hall–Kier alpha value is -0.770. The monoisotopic (exact) mass is 321 g/mol. The minimum Gasteiger partial charge on any atom is -0.314 e. The van der Waals surface area contributed by atoms with Gasteiger partial charge in [-0.15, -0.1) is 10.2 Å². The van der Waals surface area contributed by atoms with E-state index in [1.54, 1.807) is 7.05 Å². The molecule has 0 saturated carbocycles. The van der Waals surface area contributed by atoms with E-state index in [2.05, 4.69) is 34.1 Å². The predicted molar refractivity (Wildman–Crippen MR) is 82.2 cm³/mol. The van der Waals surface area contributed by atoms with E-state index in [0.29, 0.717) is 17.7 Å². The molecule has 1 aromatic heterocycles. The molecule has 0 fully saturated rings. The molecule has 1 rings (SSSR count). The van der Waals surface area contributed by atoms with Gasteiger partial charge in [-0.25, -0.2) is 4.72 Å². The third-order valence-electron chi connectivity index (χ3n) is 2.60. The zero-order valence-electron chi connectivity index (χ0n) is 12.4. The lowest BCUT2D eigenvalue weighted by atomic mass is 10.3. The Morgan fingerprint density at radius 3 is 2.60 bits per heavy atom. The van der Waals surface area contributed by atoms with Gasteiger partial charge in [0.1, 0.15) is 5.01 Å². The quantitative estimate of drug-likeness (QED) is 0.665. The van der Waals surface area contributed by atoms with Crippen LogP contribution in [0.5, 0.6) is 0 Å². The van der Waals surface area contributed by atoms with Crippen molar-refractivity contribution in [1.82, 2.24) is 19.8 Å². The second kappa shape index (κ2) is 7.87. The molecule has 0 unspecified atom stereocenters. The first-order chi connectivity index (χ1) is 9.35. The highest BCUT2D eigenvalue weighted by atomic mass is 32.2. The first-order valence-corrected chi connectivity index (χ1v) is 8.90. The van der Waals surface area contributed by atoms with Gasteiger partial charge in [-0.3, -0.25) is 0 Å². The number of aromatic nitrogens is 2. The van der Waals surface area contributed by atoms with E-state index in [4.69, 9.17) is 0 Å². The number of hydrogen-bond acceptors (Lipinski definition) is 6. The number of rotatable bonds is 9. The van der Waals surface area contributed by atoms with Crippen molar-refractivity contribution in [2.45, 2.75) is 39.7 Å². The topological polar surface area (TPSA) is 87.2 Å². The van der Waals surface area contributed by atoms with Crippen LogP contribution in [0, 0.1) is 0 Å². The van der Waals surface area contributed by atoms with Crippen LogP contribution in [0.1, 0.15) is 32.2 Å². The number of nitrogens with zero attached hydrogens (tertiary/aromatic N) is 3. The SMILES string of the molecule is CCc1nnc(NS(=O)(=O)N(C)CCCNC(C)C)s1. The van der Waals surface area contributed by atoms with Gasteiger partial charge in [-0.1, -0.05) is 32.1 Å². The van der Waals surface area contributed by atoms with Gasteiger partial charge in [-0.2, -0.15) is 12.7 Å². The van der Waals surface area contributed by atoms with E-state index in [9.17, 15) is 8.42 Å². The smallest absolute Gasteiger partial charge is 0.303 e. The van der Waals surface area contributed by atoms with Gasteiger partial charge in [0.05, 0.1) is 0 Å². The highest BCUT2D eigenvalue weighted by Crippen LogP contribution is 2.17. The molecule has 0 aromatic carbocycles. The summed E-state index contributed by atoms with van der Waals surface area (Å²) in [6, 6.07) is 0.406. The Labute approximate surface area is 125 Å². The van der Waals surface area contributed by atoms with Crippen LogP contribution in [0.15, 0.2) is 0 Å². The van der Waals surface area contributed by atoms with Gasteiger partial charge in [0.25, 0.3) is 0 Å². The van der Waals surface area contributed by atoms with Gasteiger partial charge in [0.2, 0.25) is 5.13 Å². The zero-order valence-corrected chi connectivity index (χ0v) is 14.0. The molecule has 0 amide bonds. The van der Waals surface area contributed by atoms with Crippen LogP contribution in [-0.4, -0.2) is 49.1 Å². The molecule has 0 aliphatic heterocycles. The molecule has 1 heterocycles. The van der Waals surface area contributed by atoms with Crippen molar-refractivity contribution in [3.63, 3.8) is 0 Å². The largest absolute Gasteiger partial charge is 0.314 e. The van der Waals surface area contributed by atoms with Crippen molar-refractivity contribution in [1.29, 1.82) is 0 Å². The van der Waals surface area contributed by atoms with Gasteiger partial charge in [0.15, 0.2) is 0 Å². The van der Waals surface area contributed by atoms with E-state index in [-0.39, 0.29) is 0 Å². The Balaban J connectivity index is 2.46. The molecule has 1 aromatic rings. The van der Waals surface area contributed by atoms with Gasteiger partial charge in [0, 0.05) is 19.6 Å². The van der Waals surface area contributed by atoms with Crippen LogP contribution < -0.4 is 10.0 Å². The Morgan fingerprint density at radius 1 is 1.35 bits per heavy atom. The molecule has 2 N–H and O–H groups in total. The second-order valence-corrected chi connectivity index (χ2v) is 7.59. The summed E-state index contributed by atoms with van der Waals surface area (Å²) in [5.74, 6) is 0. The lowest BCUT2D eigenvalue weighted by Gasteiger charge is -2.17. The zero-order chi connectivity index (χ0) is 15.2. The molecular formula is C11H23N5O2S2. The van der Waals surface area contributed by atoms with Gasteiger partial charge < -0.3 is 5.32 Å². The molecule has 20 heavy (non-hydrogen) atoms. The van der Waals surface area contributed by atoms with E-state index < -0.39 is 10.2 Å². The molecule has 7 nitrogen and oxygen atoms in total. The minimum atomic E-state index is -3.55. The fraction of sp³-hybridized carbons (Fsp3) is 0.818. The fourth-order valence-electron chi connectivity index (χ4n) is 1.44. The lowest BCUT2D eigenvalue weighted by molar-refractivity contribution is 0.451. The fourth-order valence-corrected chi connectivity index (χ4v) is 3.24. The Kier molecular flexibility index (Phi) is 6.80. The maximum atomic E-state index is 12.1. The minimum absolute atomic E-state index is 0.314. The van der Waals surface area contributed by atoms with Crippen LogP contribution in [0.4, 0.5) is 5.13 Å². The Morgan fingerprint density at radius 2 is 2.05 bits per heavy atom. The standard InChI is InChI=1S/C11H23N5O2S2/c1-5-10-13-14-11(19-10)15-20(17,18)16(4)8-6-7-12-9(2)3/h9,12H,5-8H2,1-4H3,(H,14,15). The molecule has 0 aliphatic carbocycles. The molecule has 116 valence electrons. The van der Waals surface area contributed by atoms with E-state index >= 15 is 0 Å². The number of anilines is 1. The maximum absolute atomic E-state index is 12.1. The summed E-state index contributed by atoms with van der Waals surface area (Å²) in [6.07, 6.45) is 1.50. The van der Waals surface area contributed by atoms with Crippen molar-refractivity contribution in [3.05, 3.63) is 5.01 Å². The molecule has 0 saturated heterocycles. The van der Waals surface area contributed by atoms with Crippen LogP contribution in [0.3, 0.4) is 0 Å². The van der Waals surface area contributed by atoms with Gasteiger partial charge in [-0.05, 0) is 19.4 Å². The van der Waals surface area contributed by atoms with Crippen molar-refractivity contribution in [2.75, 3.05) is 24.9 Å². The van der Waals surface area contributed by atoms with Crippen molar-refractivity contribution < 1.29 is 8.42 Å². The number of nitrogens with one attached hydrogen (secondary N) is 2. The van der Waals surface area contributed by atoms with E-state index in [0.717, 1.165) is 24.4 Å². The first kappa shape index (κ1) is 17.3. The predicted octanol–water partition coefficient (Wildman–Crippen LogP) is 1.08. The number of hydrogen-bond donors (Lipinski definition) is 2.